The fourth-order valence-corrected chi connectivity index (χ4v) is 4.07. The molecule has 0 aliphatic heterocycles. The molecule has 0 saturated carbocycles. The summed E-state index contributed by atoms with van der Waals surface area (Å²) in [4.78, 5) is 25.0. The van der Waals surface area contributed by atoms with Crippen molar-refractivity contribution in [1.29, 1.82) is 5.26 Å². The van der Waals surface area contributed by atoms with Crippen LogP contribution in [-0.4, -0.2) is 18.4 Å². The lowest BCUT2D eigenvalue weighted by atomic mass is 10.1. The molecule has 2 N–H and O–H groups in total. The summed E-state index contributed by atoms with van der Waals surface area (Å²) in [5.41, 5.74) is 5.52. The highest BCUT2D eigenvalue weighted by Gasteiger charge is 2.15. The fraction of sp³-hybridized carbons (Fsp3) is 0.179. The summed E-state index contributed by atoms with van der Waals surface area (Å²) in [5.74, 6) is -0.792. The van der Waals surface area contributed by atoms with Crippen molar-refractivity contribution < 1.29 is 14.3 Å². The summed E-state index contributed by atoms with van der Waals surface area (Å²) in [6.07, 6.45) is 1.38. The van der Waals surface area contributed by atoms with E-state index in [1.807, 2.05) is 64.1 Å². The van der Waals surface area contributed by atoms with Crippen LogP contribution < -0.4 is 15.4 Å². The fourth-order valence-electron chi connectivity index (χ4n) is 3.45. The van der Waals surface area contributed by atoms with E-state index in [0.29, 0.717) is 16.9 Å². The average molecular weight is 522 g/mol. The highest BCUT2D eigenvalue weighted by atomic mass is 35.5. The average Bonchev–Trinajstić information content (AvgIpc) is 2.81. The molecule has 3 rings (SSSR count). The van der Waals surface area contributed by atoms with Crippen molar-refractivity contribution in [2.75, 3.05) is 17.2 Å². The summed E-state index contributed by atoms with van der Waals surface area (Å²) in [6, 6.07) is 16.3. The number of nitrogens with one attached hydrogen (secondary N) is 2. The first-order chi connectivity index (χ1) is 17.1. The topological polar surface area (TPSA) is 91.2 Å². The SMILES string of the molecule is Cc1ccc(NC(=O)/C(C#N)=C/c2cc(Cl)c(OCC(=O)Nc3cc(C)ccc3C)c(Cl)c2)c(C)c1. The molecule has 0 atom stereocenters. The minimum absolute atomic E-state index is 0.122. The van der Waals surface area contributed by atoms with Crippen LogP contribution in [0.1, 0.15) is 27.8 Å². The van der Waals surface area contributed by atoms with Crippen LogP contribution >= 0.6 is 23.2 Å². The van der Waals surface area contributed by atoms with Crippen LogP contribution in [0.3, 0.4) is 0 Å². The molecule has 36 heavy (non-hydrogen) atoms. The van der Waals surface area contributed by atoms with Crippen molar-refractivity contribution in [2.45, 2.75) is 27.7 Å². The van der Waals surface area contributed by atoms with Crippen LogP contribution in [0, 0.1) is 39.0 Å². The highest BCUT2D eigenvalue weighted by molar-refractivity contribution is 6.37. The van der Waals surface area contributed by atoms with Gasteiger partial charge < -0.3 is 15.4 Å². The van der Waals surface area contributed by atoms with Crippen LogP contribution in [0.5, 0.6) is 5.75 Å². The number of hydrogen-bond donors (Lipinski definition) is 2. The number of ether oxygens (including phenoxy) is 1. The number of nitrogens with zero attached hydrogens (tertiary/aromatic N) is 1. The van der Waals surface area contributed by atoms with Gasteiger partial charge in [-0.1, -0.05) is 53.0 Å². The van der Waals surface area contributed by atoms with Crippen LogP contribution in [-0.2, 0) is 9.59 Å². The Labute approximate surface area is 220 Å². The Bertz CT molecular complexity index is 1380. The summed E-state index contributed by atoms with van der Waals surface area (Å²) in [6.45, 7) is 7.36. The van der Waals surface area contributed by atoms with Crippen LogP contribution in [0.4, 0.5) is 11.4 Å². The van der Waals surface area contributed by atoms with E-state index < -0.39 is 5.91 Å². The molecule has 3 aromatic carbocycles. The van der Waals surface area contributed by atoms with Gasteiger partial charge in [-0.05, 0) is 80.3 Å². The molecule has 6 nitrogen and oxygen atoms in total. The quantitative estimate of drug-likeness (QED) is 0.264. The standard InChI is InChI=1S/C28H25Cl2N3O3/c1-16-6-8-24(19(4)9-16)33-28(35)21(14-31)11-20-12-22(29)27(23(30)13-20)36-15-26(34)32-25-10-17(2)5-7-18(25)3/h5-13H,15H2,1-4H3,(H,32,34)(H,33,35)/b21-11+. The Morgan fingerprint density at radius 1 is 0.889 bits per heavy atom. The van der Waals surface area contributed by atoms with Gasteiger partial charge in [-0.25, -0.2) is 0 Å². The van der Waals surface area contributed by atoms with Gasteiger partial charge in [0.25, 0.3) is 11.8 Å². The lowest BCUT2D eigenvalue weighted by Crippen LogP contribution is -2.21. The third kappa shape index (κ3) is 6.88. The highest BCUT2D eigenvalue weighted by Crippen LogP contribution is 2.35. The van der Waals surface area contributed by atoms with Crippen molar-refractivity contribution in [3.63, 3.8) is 0 Å². The minimum Gasteiger partial charge on any atom is -0.481 e. The smallest absolute Gasteiger partial charge is 0.266 e. The van der Waals surface area contributed by atoms with Gasteiger partial charge in [-0.3, -0.25) is 9.59 Å². The number of rotatable bonds is 7. The second-order valence-electron chi connectivity index (χ2n) is 8.41. The molecule has 0 heterocycles. The molecule has 0 aliphatic rings. The number of amides is 2. The Morgan fingerprint density at radius 3 is 2.17 bits per heavy atom. The predicted molar refractivity (Wildman–Crippen MR) is 145 cm³/mol. The number of anilines is 2. The Hall–Kier alpha value is -3.79. The Morgan fingerprint density at radius 2 is 1.53 bits per heavy atom. The van der Waals surface area contributed by atoms with E-state index in [0.717, 1.165) is 22.3 Å². The van der Waals surface area contributed by atoms with E-state index in [4.69, 9.17) is 27.9 Å². The van der Waals surface area contributed by atoms with E-state index in [1.54, 1.807) is 6.07 Å². The van der Waals surface area contributed by atoms with Crippen LogP contribution in [0.2, 0.25) is 10.0 Å². The number of benzene rings is 3. The molecule has 0 bridgehead atoms. The van der Waals surface area contributed by atoms with Crippen molar-refractivity contribution in [3.05, 3.63) is 92.0 Å². The first-order valence-electron chi connectivity index (χ1n) is 11.1. The largest absolute Gasteiger partial charge is 0.481 e. The molecule has 0 aliphatic carbocycles. The summed E-state index contributed by atoms with van der Waals surface area (Å²) >= 11 is 12.7. The summed E-state index contributed by atoms with van der Waals surface area (Å²) in [5, 5.41) is 15.4. The normalized spacial score (nSPS) is 11.0. The second kappa shape index (κ2) is 11.8. The number of carbonyl (C=O) groups excluding carboxylic acids is 2. The van der Waals surface area contributed by atoms with Crippen molar-refractivity contribution in [2.24, 2.45) is 0 Å². The van der Waals surface area contributed by atoms with Gasteiger partial charge in [0.15, 0.2) is 12.4 Å². The van der Waals surface area contributed by atoms with Gasteiger partial charge in [-0.2, -0.15) is 5.26 Å². The molecule has 0 aromatic heterocycles. The lowest BCUT2D eigenvalue weighted by Gasteiger charge is -2.13. The molecule has 8 heteroatoms. The summed E-state index contributed by atoms with van der Waals surface area (Å²) < 4.78 is 5.57. The van der Waals surface area contributed by atoms with E-state index in [9.17, 15) is 14.9 Å². The number of aryl methyl sites for hydroxylation is 4. The molecule has 0 saturated heterocycles. The van der Waals surface area contributed by atoms with E-state index in [2.05, 4.69) is 10.6 Å². The molecule has 0 unspecified atom stereocenters. The van der Waals surface area contributed by atoms with Gasteiger partial charge in [-0.15, -0.1) is 0 Å². The maximum Gasteiger partial charge on any atom is 0.266 e. The number of nitriles is 1. The number of hydrogen-bond acceptors (Lipinski definition) is 4. The molecule has 184 valence electrons. The van der Waals surface area contributed by atoms with Gasteiger partial charge in [0.1, 0.15) is 11.6 Å². The van der Waals surface area contributed by atoms with Gasteiger partial charge >= 0.3 is 0 Å². The van der Waals surface area contributed by atoms with Crippen LogP contribution in [0.15, 0.2) is 54.1 Å². The zero-order valence-corrected chi connectivity index (χ0v) is 21.8. The molecule has 0 radical (unpaired) electrons. The van der Waals surface area contributed by atoms with Crippen molar-refractivity contribution >= 4 is 52.5 Å². The van der Waals surface area contributed by atoms with Crippen molar-refractivity contribution in [1.82, 2.24) is 0 Å². The summed E-state index contributed by atoms with van der Waals surface area (Å²) in [7, 11) is 0. The zero-order chi connectivity index (χ0) is 26.4. The maximum absolute atomic E-state index is 12.7. The molecular weight excluding hydrogens is 497 g/mol. The first kappa shape index (κ1) is 26.8. The monoisotopic (exact) mass is 521 g/mol. The Kier molecular flexibility index (Phi) is 8.76. The number of carbonyl (C=O) groups is 2. The van der Waals surface area contributed by atoms with E-state index in [-0.39, 0.29) is 33.9 Å². The van der Waals surface area contributed by atoms with Gasteiger partial charge in [0.2, 0.25) is 0 Å². The zero-order valence-electron chi connectivity index (χ0n) is 20.3. The molecular formula is C28H25Cl2N3O3. The molecule has 0 fully saturated rings. The molecule has 2 amide bonds. The third-order valence-electron chi connectivity index (χ3n) is 5.34. The van der Waals surface area contributed by atoms with Gasteiger partial charge in [0.05, 0.1) is 10.0 Å². The predicted octanol–water partition coefficient (Wildman–Crippen LogP) is 6.79. The van der Waals surface area contributed by atoms with Crippen molar-refractivity contribution in [3.8, 4) is 11.8 Å². The second-order valence-corrected chi connectivity index (χ2v) is 9.23. The van der Waals surface area contributed by atoms with E-state index >= 15 is 0 Å². The van der Waals surface area contributed by atoms with E-state index in [1.165, 1.54) is 18.2 Å². The number of halogens is 2. The minimum atomic E-state index is -0.555. The Balaban J connectivity index is 1.71. The lowest BCUT2D eigenvalue weighted by molar-refractivity contribution is -0.118. The molecule has 0 spiro atoms. The maximum atomic E-state index is 12.7. The third-order valence-corrected chi connectivity index (χ3v) is 5.90. The molecule has 3 aromatic rings. The van der Waals surface area contributed by atoms with Gasteiger partial charge in [0, 0.05) is 11.4 Å². The first-order valence-corrected chi connectivity index (χ1v) is 11.8. The van der Waals surface area contributed by atoms with Crippen LogP contribution in [0.25, 0.3) is 6.08 Å².